The van der Waals surface area contributed by atoms with Crippen molar-refractivity contribution in [3.63, 3.8) is 0 Å². The van der Waals surface area contributed by atoms with E-state index in [9.17, 15) is 5.11 Å². The van der Waals surface area contributed by atoms with Crippen molar-refractivity contribution in [2.45, 2.75) is 31.7 Å². The molecule has 140 valence electrons. The summed E-state index contributed by atoms with van der Waals surface area (Å²) in [6.45, 7) is 4.44. The number of fused-ring (bicyclic) bond motifs is 1. The molecule has 5 rings (SSSR count). The number of aromatic nitrogens is 3. The Morgan fingerprint density at radius 2 is 1.96 bits per heavy atom. The van der Waals surface area contributed by atoms with Gasteiger partial charge in [-0.3, -0.25) is 0 Å². The fourth-order valence-electron chi connectivity index (χ4n) is 4.36. The molecule has 27 heavy (non-hydrogen) atoms. The Balaban J connectivity index is 1.31. The van der Waals surface area contributed by atoms with Crippen molar-refractivity contribution in [1.82, 2.24) is 19.9 Å². The molecule has 5 heterocycles. The molecule has 0 atom stereocenters. The Hall–Kier alpha value is -2.67. The van der Waals surface area contributed by atoms with Gasteiger partial charge in [-0.25, -0.2) is 9.98 Å². The van der Waals surface area contributed by atoms with E-state index in [1.54, 1.807) is 12.4 Å². The summed E-state index contributed by atoms with van der Waals surface area (Å²) < 4.78 is 0. The summed E-state index contributed by atoms with van der Waals surface area (Å²) in [4.78, 5) is 21.1. The van der Waals surface area contributed by atoms with Crippen molar-refractivity contribution >= 4 is 29.6 Å². The maximum absolute atomic E-state index is 10.3. The van der Waals surface area contributed by atoms with Crippen LogP contribution in [0.5, 0.6) is 5.88 Å². The van der Waals surface area contributed by atoms with E-state index in [0.29, 0.717) is 17.6 Å². The van der Waals surface area contributed by atoms with Gasteiger partial charge in [0.15, 0.2) is 5.82 Å². The molecule has 0 bridgehead atoms. The molecular weight excluding hydrogens is 340 g/mol. The van der Waals surface area contributed by atoms with Gasteiger partial charge in [0.2, 0.25) is 11.8 Å². The van der Waals surface area contributed by atoms with Crippen LogP contribution in [0.3, 0.4) is 0 Å². The van der Waals surface area contributed by atoms with Crippen LogP contribution in [0.25, 0.3) is 11.6 Å². The number of nitrogens with one attached hydrogen (secondary N) is 1. The first-order chi connectivity index (χ1) is 13.3. The number of H-pyrrole nitrogens is 1. The van der Waals surface area contributed by atoms with Crippen LogP contribution in [0.15, 0.2) is 23.3 Å². The highest BCUT2D eigenvalue weighted by Gasteiger charge is 2.28. The summed E-state index contributed by atoms with van der Waals surface area (Å²) in [6, 6.07) is 4.58. The first-order valence-electron chi connectivity index (χ1n) is 9.77. The van der Waals surface area contributed by atoms with Gasteiger partial charge in [-0.15, -0.1) is 0 Å². The quantitative estimate of drug-likeness (QED) is 0.875. The molecule has 3 aliphatic heterocycles. The molecule has 0 spiro atoms. The minimum atomic E-state index is 0.0323. The van der Waals surface area contributed by atoms with Crippen LogP contribution in [0.4, 0.5) is 11.8 Å². The molecule has 0 aromatic carbocycles. The average molecular weight is 364 g/mol. The lowest BCUT2D eigenvalue weighted by Crippen LogP contribution is -2.44. The Kier molecular flexibility index (Phi) is 4.16. The van der Waals surface area contributed by atoms with E-state index in [0.717, 1.165) is 43.0 Å². The summed E-state index contributed by atoms with van der Waals surface area (Å²) in [7, 11) is 0. The number of pyridine rings is 1. The van der Waals surface area contributed by atoms with Crippen molar-refractivity contribution < 1.29 is 5.11 Å². The van der Waals surface area contributed by atoms with Crippen molar-refractivity contribution in [2.75, 3.05) is 31.1 Å². The Bertz CT molecular complexity index is 888. The lowest BCUT2D eigenvalue weighted by Gasteiger charge is -2.36. The highest BCUT2D eigenvalue weighted by Crippen LogP contribution is 2.32. The molecule has 3 aliphatic rings. The molecule has 0 saturated carbocycles. The number of aromatic amines is 1. The van der Waals surface area contributed by atoms with Gasteiger partial charge in [0.1, 0.15) is 5.69 Å². The van der Waals surface area contributed by atoms with E-state index in [2.05, 4.69) is 29.7 Å². The maximum atomic E-state index is 10.3. The highest BCUT2D eigenvalue weighted by molar-refractivity contribution is 6.20. The van der Waals surface area contributed by atoms with E-state index in [-0.39, 0.29) is 5.88 Å². The monoisotopic (exact) mass is 364 g/mol. The van der Waals surface area contributed by atoms with Crippen LogP contribution in [0.2, 0.25) is 0 Å². The van der Waals surface area contributed by atoms with E-state index in [1.807, 2.05) is 18.2 Å². The number of hydrogen-bond donors (Lipinski definition) is 2. The Morgan fingerprint density at radius 3 is 2.78 bits per heavy atom. The Morgan fingerprint density at radius 1 is 1.15 bits per heavy atom. The van der Waals surface area contributed by atoms with Crippen LogP contribution in [0, 0.1) is 0 Å². The van der Waals surface area contributed by atoms with Gasteiger partial charge in [-0.2, -0.15) is 4.98 Å². The van der Waals surface area contributed by atoms with E-state index >= 15 is 0 Å². The van der Waals surface area contributed by atoms with Crippen molar-refractivity contribution in [1.29, 1.82) is 0 Å². The molecule has 7 heteroatoms. The van der Waals surface area contributed by atoms with Crippen molar-refractivity contribution in [3.05, 3.63) is 29.6 Å². The number of aromatic hydroxyl groups is 1. The SMILES string of the molecule is Oc1nc(N2CCC(N3CCCC3)CC2)[nH]c1/C=C1\C=Nc2ncccc21. The first kappa shape index (κ1) is 16.5. The zero-order valence-electron chi connectivity index (χ0n) is 15.3. The van der Waals surface area contributed by atoms with Crippen LogP contribution < -0.4 is 4.90 Å². The summed E-state index contributed by atoms with van der Waals surface area (Å²) in [5.74, 6) is 1.50. The van der Waals surface area contributed by atoms with Crippen LogP contribution >= 0.6 is 0 Å². The van der Waals surface area contributed by atoms with E-state index < -0.39 is 0 Å². The highest BCUT2D eigenvalue weighted by atomic mass is 16.3. The van der Waals surface area contributed by atoms with Gasteiger partial charge in [-0.1, -0.05) is 0 Å². The molecule has 0 radical (unpaired) electrons. The molecule has 2 saturated heterocycles. The van der Waals surface area contributed by atoms with E-state index in [1.165, 1.54) is 25.9 Å². The van der Waals surface area contributed by atoms with Crippen LogP contribution in [-0.4, -0.2) is 63.4 Å². The fourth-order valence-corrected chi connectivity index (χ4v) is 4.36. The average Bonchev–Trinajstić information content (AvgIpc) is 3.44. The summed E-state index contributed by atoms with van der Waals surface area (Å²) in [5, 5.41) is 10.3. The van der Waals surface area contributed by atoms with Gasteiger partial charge in [0.05, 0.1) is 0 Å². The number of allylic oxidation sites excluding steroid dienone is 1. The second kappa shape index (κ2) is 6.81. The number of hydrogen-bond acceptors (Lipinski definition) is 6. The normalized spacial score (nSPS) is 22.1. The summed E-state index contributed by atoms with van der Waals surface area (Å²) in [5.41, 5.74) is 2.51. The second-order valence-corrected chi connectivity index (χ2v) is 7.49. The second-order valence-electron chi connectivity index (χ2n) is 7.49. The van der Waals surface area contributed by atoms with Gasteiger partial charge < -0.3 is 19.9 Å². The molecule has 2 fully saturated rings. The molecule has 0 amide bonds. The molecular formula is C20H24N6O. The van der Waals surface area contributed by atoms with Gasteiger partial charge >= 0.3 is 0 Å². The first-order valence-corrected chi connectivity index (χ1v) is 9.77. The minimum Gasteiger partial charge on any atom is -0.492 e. The number of anilines is 1. The smallest absolute Gasteiger partial charge is 0.238 e. The fraction of sp³-hybridized carbons (Fsp3) is 0.450. The third-order valence-corrected chi connectivity index (χ3v) is 5.84. The molecule has 0 aliphatic carbocycles. The van der Waals surface area contributed by atoms with Crippen LogP contribution in [-0.2, 0) is 0 Å². The van der Waals surface area contributed by atoms with Gasteiger partial charge in [-0.05, 0) is 57.0 Å². The lowest BCUT2D eigenvalue weighted by molar-refractivity contribution is 0.207. The molecule has 0 unspecified atom stereocenters. The zero-order chi connectivity index (χ0) is 18.2. The maximum Gasteiger partial charge on any atom is 0.238 e. The standard InChI is InChI=1S/C20H24N6O/c27-19-17(12-14-13-22-18-16(14)4-3-7-21-18)23-20(24-19)26-10-5-15(6-11-26)25-8-1-2-9-25/h3-4,7,12-13,15,27H,1-2,5-6,8-11H2,(H,23,24)/b14-12+. The lowest BCUT2D eigenvalue weighted by atomic mass is 10.0. The zero-order valence-corrected chi connectivity index (χ0v) is 15.3. The molecule has 2 aromatic rings. The van der Waals surface area contributed by atoms with Crippen LogP contribution in [0.1, 0.15) is 36.9 Å². The van der Waals surface area contributed by atoms with Gasteiger partial charge in [0.25, 0.3) is 0 Å². The molecule has 7 nitrogen and oxygen atoms in total. The third-order valence-electron chi connectivity index (χ3n) is 5.84. The largest absolute Gasteiger partial charge is 0.492 e. The number of rotatable bonds is 3. The predicted octanol–water partition coefficient (Wildman–Crippen LogP) is 2.83. The number of imidazole rings is 1. The summed E-state index contributed by atoms with van der Waals surface area (Å²) in [6.07, 6.45) is 10.4. The predicted molar refractivity (Wildman–Crippen MR) is 107 cm³/mol. The van der Waals surface area contributed by atoms with Crippen molar-refractivity contribution in [2.24, 2.45) is 4.99 Å². The van der Waals surface area contributed by atoms with E-state index in [4.69, 9.17) is 0 Å². The van der Waals surface area contributed by atoms with Gasteiger partial charge in [0, 0.05) is 42.7 Å². The minimum absolute atomic E-state index is 0.0323. The summed E-state index contributed by atoms with van der Waals surface area (Å²) >= 11 is 0. The number of piperidine rings is 1. The third kappa shape index (κ3) is 3.12. The Labute approximate surface area is 158 Å². The number of aliphatic imine (C=N–C) groups is 1. The number of likely N-dealkylation sites (tertiary alicyclic amines) is 1. The van der Waals surface area contributed by atoms with Crippen molar-refractivity contribution in [3.8, 4) is 5.88 Å². The molecule has 2 N–H and O–H groups in total. The topological polar surface area (TPSA) is 80.6 Å². The number of nitrogens with zero attached hydrogens (tertiary/aromatic N) is 5. The molecule has 2 aromatic heterocycles.